The lowest BCUT2D eigenvalue weighted by Gasteiger charge is -2.17. The molecular formula is C13H25N5. The van der Waals surface area contributed by atoms with Gasteiger partial charge in [0, 0.05) is 19.3 Å². The van der Waals surface area contributed by atoms with Crippen molar-refractivity contribution >= 4 is 5.96 Å². The van der Waals surface area contributed by atoms with Crippen LogP contribution in [0.3, 0.4) is 0 Å². The van der Waals surface area contributed by atoms with E-state index in [0.717, 1.165) is 11.7 Å². The molecule has 0 saturated carbocycles. The number of rotatable bonds is 7. The maximum atomic E-state index is 4.22. The first-order chi connectivity index (χ1) is 8.76. The van der Waals surface area contributed by atoms with E-state index in [1.807, 2.05) is 6.07 Å². The highest BCUT2D eigenvalue weighted by Crippen LogP contribution is 2.02. The van der Waals surface area contributed by atoms with Gasteiger partial charge in [0.15, 0.2) is 5.96 Å². The average molecular weight is 251 g/mol. The molecule has 0 spiro atoms. The quantitative estimate of drug-likeness (QED) is 0.395. The molecule has 1 unspecified atom stereocenters. The van der Waals surface area contributed by atoms with E-state index in [4.69, 9.17) is 0 Å². The van der Waals surface area contributed by atoms with Crippen LogP contribution in [-0.2, 0) is 6.54 Å². The first-order valence-electron chi connectivity index (χ1n) is 6.71. The predicted octanol–water partition coefficient (Wildman–Crippen LogP) is 2.04. The van der Waals surface area contributed by atoms with E-state index in [1.54, 1.807) is 13.2 Å². The van der Waals surface area contributed by atoms with E-state index in [-0.39, 0.29) is 0 Å². The van der Waals surface area contributed by atoms with Gasteiger partial charge < -0.3 is 10.6 Å². The van der Waals surface area contributed by atoms with Crippen LogP contribution in [0.25, 0.3) is 0 Å². The fraction of sp³-hybridized carbons (Fsp3) is 0.692. The standard InChI is InChI=1S/C13H25N5/c1-4-5-6-7-11(2)17-13(14-3)15-10-12-8-9-16-18-12/h8-9,11H,4-7,10H2,1-3H3,(H,16,18)(H2,14,15,17). The predicted molar refractivity (Wildman–Crippen MR) is 75.5 cm³/mol. The number of hydrogen-bond donors (Lipinski definition) is 3. The second-order valence-corrected chi connectivity index (χ2v) is 4.55. The lowest BCUT2D eigenvalue weighted by molar-refractivity contribution is 0.546. The largest absolute Gasteiger partial charge is 0.354 e. The molecule has 1 rings (SSSR count). The highest BCUT2D eigenvalue weighted by molar-refractivity contribution is 5.79. The van der Waals surface area contributed by atoms with Crippen LogP contribution in [0.5, 0.6) is 0 Å². The summed E-state index contributed by atoms with van der Waals surface area (Å²) in [6, 6.07) is 2.40. The highest BCUT2D eigenvalue weighted by Gasteiger charge is 2.04. The summed E-state index contributed by atoms with van der Waals surface area (Å²) in [7, 11) is 1.79. The second-order valence-electron chi connectivity index (χ2n) is 4.55. The zero-order chi connectivity index (χ0) is 13.2. The van der Waals surface area contributed by atoms with Crippen LogP contribution in [0.15, 0.2) is 17.3 Å². The molecule has 18 heavy (non-hydrogen) atoms. The van der Waals surface area contributed by atoms with E-state index in [0.29, 0.717) is 12.6 Å². The number of aromatic nitrogens is 2. The first kappa shape index (κ1) is 14.5. The van der Waals surface area contributed by atoms with Crippen molar-refractivity contribution < 1.29 is 0 Å². The molecule has 0 saturated heterocycles. The van der Waals surface area contributed by atoms with Gasteiger partial charge in [0.05, 0.1) is 12.2 Å². The van der Waals surface area contributed by atoms with E-state index < -0.39 is 0 Å². The molecule has 1 aromatic rings. The van der Waals surface area contributed by atoms with Crippen LogP contribution in [0.4, 0.5) is 0 Å². The van der Waals surface area contributed by atoms with Crippen LogP contribution < -0.4 is 10.6 Å². The van der Waals surface area contributed by atoms with Gasteiger partial charge in [-0.3, -0.25) is 10.1 Å². The minimum atomic E-state index is 0.449. The minimum Gasteiger partial charge on any atom is -0.354 e. The number of unbranched alkanes of at least 4 members (excludes halogenated alkanes) is 2. The van der Waals surface area contributed by atoms with Crippen molar-refractivity contribution in [2.45, 2.75) is 52.1 Å². The van der Waals surface area contributed by atoms with Crippen molar-refractivity contribution in [3.63, 3.8) is 0 Å². The lowest BCUT2D eigenvalue weighted by Crippen LogP contribution is -2.41. The molecule has 102 valence electrons. The maximum Gasteiger partial charge on any atom is 0.191 e. The van der Waals surface area contributed by atoms with Gasteiger partial charge in [-0.05, 0) is 19.4 Å². The number of hydrogen-bond acceptors (Lipinski definition) is 2. The van der Waals surface area contributed by atoms with Gasteiger partial charge in [-0.1, -0.05) is 26.2 Å². The summed E-state index contributed by atoms with van der Waals surface area (Å²) in [6.07, 6.45) is 6.76. The van der Waals surface area contributed by atoms with Crippen LogP contribution in [0.2, 0.25) is 0 Å². The minimum absolute atomic E-state index is 0.449. The Morgan fingerprint density at radius 1 is 1.50 bits per heavy atom. The number of aliphatic imine (C=N–C) groups is 1. The van der Waals surface area contributed by atoms with Crippen molar-refractivity contribution in [3.05, 3.63) is 18.0 Å². The van der Waals surface area contributed by atoms with Gasteiger partial charge in [0.2, 0.25) is 0 Å². The van der Waals surface area contributed by atoms with Crippen molar-refractivity contribution in [1.82, 2.24) is 20.8 Å². The van der Waals surface area contributed by atoms with Gasteiger partial charge in [-0.2, -0.15) is 5.10 Å². The normalized spacial score (nSPS) is 13.4. The highest BCUT2D eigenvalue weighted by atomic mass is 15.2. The molecule has 0 radical (unpaired) electrons. The Morgan fingerprint density at radius 3 is 2.94 bits per heavy atom. The number of guanidine groups is 1. The summed E-state index contributed by atoms with van der Waals surface area (Å²) >= 11 is 0. The number of nitrogens with zero attached hydrogens (tertiary/aromatic N) is 2. The molecule has 0 aromatic carbocycles. The zero-order valence-electron chi connectivity index (χ0n) is 11.7. The van der Waals surface area contributed by atoms with Crippen molar-refractivity contribution in [2.75, 3.05) is 7.05 Å². The maximum absolute atomic E-state index is 4.22. The van der Waals surface area contributed by atoms with Crippen LogP contribution in [0.1, 0.15) is 45.2 Å². The SMILES string of the molecule is CCCCCC(C)NC(=NC)NCc1ccn[nH]1. The third-order valence-electron chi connectivity index (χ3n) is 2.85. The van der Waals surface area contributed by atoms with Gasteiger partial charge >= 0.3 is 0 Å². The fourth-order valence-corrected chi connectivity index (χ4v) is 1.76. The Hall–Kier alpha value is -1.52. The number of nitrogens with one attached hydrogen (secondary N) is 3. The molecule has 0 fully saturated rings. The molecule has 0 bridgehead atoms. The van der Waals surface area contributed by atoms with E-state index in [2.05, 4.69) is 39.7 Å². The third kappa shape index (κ3) is 5.70. The molecule has 5 nitrogen and oxygen atoms in total. The molecule has 0 amide bonds. The molecule has 0 aliphatic heterocycles. The Labute approximate surface area is 109 Å². The number of H-pyrrole nitrogens is 1. The molecule has 1 heterocycles. The Kier molecular flexibility index (Phi) is 6.91. The van der Waals surface area contributed by atoms with Gasteiger partial charge in [-0.15, -0.1) is 0 Å². The molecule has 1 aromatic heterocycles. The molecule has 5 heteroatoms. The summed E-state index contributed by atoms with van der Waals surface area (Å²) in [5, 5.41) is 13.5. The van der Waals surface area contributed by atoms with E-state index in [9.17, 15) is 0 Å². The van der Waals surface area contributed by atoms with E-state index >= 15 is 0 Å². The van der Waals surface area contributed by atoms with Crippen molar-refractivity contribution in [3.8, 4) is 0 Å². The van der Waals surface area contributed by atoms with Crippen molar-refractivity contribution in [2.24, 2.45) is 4.99 Å². The molecule has 0 aliphatic carbocycles. The van der Waals surface area contributed by atoms with Crippen LogP contribution >= 0.6 is 0 Å². The third-order valence-corrected chi connectivity index (χ3v) is 2.85. The van der Waals surface area contributed by atoms with Crippen LogP contribution in [-0.4, -0.2) is 29.2 Å². The lowest BCUT2D eigenvalue weighted by atomic mass is 10.1. The summed E-state index contributed by atoms with van der Waals surface area (Å²) < 4.78 is 0. The van der Waals surface area contributed by atoms with Gasteiger partial charge in [0.1, 0.15) is 0 Å². The van der Waals surface area contributed by atoms with Gasteiger partial charge in [0.25, 0.3) is 0 Å². The van der Waals surface area contributed by atoms with Gasteiger partial charge in [-0.25, -0.2) is 0 Å². The Bertz CT molecular complexity index is 331. The Balaban J connectivity index is 2.24. The Morgan fingerprint density at radius 2 is 2.33 bits per heavy atom. The zero-order valence-corrected chi connectivity index (χ0v) is 11.7. The monoisotopic (exact) mass is 251 g/mol. The summed E-state index contributed by atoms with van der Waals surface area (Å²) in [4.78, 5) is 4.22. The molecular weight excluding hydrogens is 226 g/mol. The van der Waals surface area contributed by atoms with Crippen LogP contribution in [0, 0.1) is 0 Å². The second kappa shape index (κ2) is 8.55. The smallest absolute Gasteiger partial charge is 0.191 e. The average Bonchev–Trinajstić information content (AvgIpc) is 2.88. The van der Waals surface area contributed by atoms with E-state index in [1.165, 1.54) is 25.7 Å². The molecule has 0 aliphatic rings. The topological polar surface area (TPSA) is 65.1 Å². The van der Waals surface area contributed by atoms with Crippen molar-refractivity contribution in [1.29, 1.82) is 0 Å². The molecule has 3 N–H and O–H groups in total. The molecule has 1 atom stereocenters. The number of aromatic amines is 1. The fourth-order valence-electron chi connectivity index (χ4n) is 1.76. The first-order valence-corrected chi connectivity index (χ1v) is 6.71. The summed E-state index contributed by atoms with van der Waals surface area (Å²) in [5.41, 5.74) is 1.05. The summed E-state index contributed by atoms with van der Waals surface area (Å²) in [6.45, 7) is 5.13. The summed E-state index contributed by atoms with van der Waals surface area (Å²) in [5.74, 6) is 0.841.